The van der Waals surface area contributed by atoms with Crippen molar-refractivity contribution in [3.63, 3.8) is 0 Å². The number of carbonyl (C=O) groups is 1. The van der Waals surface area contributed by atoms with Crippen molar-refractivity contribution in [1.29, 1.82) is 0 Å². The van der Waals surface area contributed by atoms with E-state index in [1.165, 1.54) is 0 Å². The number of amides is 1. The Hall–Kier alpha value is -1.43. The van der Waals surface area contributed by atoms with Crippen molar-refractivity contribution < 1.29 is 14.3 Å². The molecule has 0 aromatic heterocycles. The molecule has 5 heteroatoms. The number of nitrogens with one attached hydrogen (secondary N) is 1. The van der Waals surface area contributed by atoms with Gasteiger partial charge in [0.1, 0.15) is 6.61 Å². The highest BCUT2D eigenvalue weighted by atomic mass is 16.5. The van der Waals surface area contributed by atoms with Crippen LogP contribution in [0.2, 0.25) is 0 Å². The van der Waals surface area contributed by atoms with Crippen molar-refractivity contribution in [3.05, 3.63) is 29.8 Å². The van der Waals surface area contributed by atoms with Crippen molar-refractivity contribution in [2.75, 3.05) is 31.7 Å². The lowest BCUT2D eigenvalue weighted by Gasteiger charge is -2.09. The lowest BCUT2D eigenvalue weighted by atomic mass is 10.1. The number of nitrogens with two attached hydrogens (primary N) is 1. The van der Waals surface area contributed by atoms with Crippen molar-refractivity contribution >= 4 is 11.6 Å². The second kappa shape index (κ2) is 7.23. The molecule has 0 saturated carbocycles. The number of ether oxygens (including phenoxy) is 2. The van der Waals surface area contributed by atoms with E-state index in [4.69, 9.17) is 15.2 Å². The van der Waals surface area contributed by atoms with Gasteiger partial charge in [0.2, 0.25) is 5.91 Å². The molecule has 3 N–H and O–H groups in total. The number of carbonyl (C=O) groups excluding carboxylic acids is 1. The Morgan fingerprint density at radius 1 is 1.53 bits per heavy atom. The van der Waals surface area contributed by atoms with Gasteiger partial charge in [-0.05, 0) is 24.1 Å². The van der Waals surface area contributed by atoms with Gasteiger partial charge in [-0.3, -0.25) is 4.79 Å². The summed E-state index contributed by atoms with van der Waals surface area (Å²) < 4.78 is 10.6. The predicted octanol–water partition coefficient (Wildman–Crippen LogP) is 1.14. The van der Waals surface area contributed by atoms with Crippen LogP contribution in [0.15, 0.2) is 24.3 Å². The molecular formula is C14H20N2O3. The highest BCUT2D eigenvalue weighted by Gasteiger charge is 2.16. The zero-order valence-electron chi connectivity index (χ0n) is 10.9. The van der Waals surface area contributed by atoms with Crippen molar-refractivity contribution in [2.45, 2.75) is 13.0 Å². The number of hydrogen-bond donors (Lipinski definition) is 2. The van der Waals surface area contributed by atoms with Gasteiger partial charge in [-0.2, -0.15) is 0 Å². The molecule has 1 aliphatic rings. The summed E-state index contributed by atoms with van der Waals surface area (Å²) in [5.41, 5.74) is 7.29. The van der Waals surface area contributed by atoms with Gasteiger partial charge in [0.25, 0.3) is 0 Å². The minimum atomic E-state index is -0.145. The molecule has 0 radical (unpaired) electrons. The number of anilines is 1. The predicted molar refractivity (Wildman–Crippen MR) is 72.7 cm³/mol. The summed E-state index contributed by atoms with van der Waals surface area (Å²) in [7, 11) is 0. The van der Waals surface area contributed by atoms with E-state index in [0.717, 1.165) is 30.9 Å². The Balaban J connectivity index is 1.70. The van der Waals surface area contributed by atoms with E-state index in [2.05, 4.69) is 5.32 Å². The molecule has 5 nitrogen and oxygen atoms in total. The van der Waals surface area contributed by atoms with E-state index in [1.807, 2.05) is 24.3 Å². The van der Waals surface area contributed by atoms with E-state index in [9.17, 15) is 4.79 Å². The molecule has 0 spiro atoms. The molecule has 104 valence electrons. The summed E-state index contributed by atoms with van der Waals surface area (Å²) in [6.45, 7) is 2.65. The third-order valence-electron chi connectivity index (χ3n) is 3.06. The number of benzene rings is 1. The Morgan fingerprint density at radius 3 is 3.16 bits per heavy atom. The summed E-state index contributed by atoms with van der Waals surface area (Å²) in [6, 6.07) is 7.49. The molecular weight excluding hydrogens is 244 g/mol. The van der Waals surface area contributed by atoms with E-state index >= 15 is 0 Å². The van der Waals surface area contributed by atoms with Crippen LogP contribution in [0.4, 0.5) is 5.69 Å². The van der Waals surface area contributed by atoms with Crippen LogP contribution in [0.3, 0.4) is 0 Å². The molecule has 1 heterocycles. The van der Waals surface area contributed by atoms with Crippen LogP contribution in [-0.2, 0) is 20.8 Å². The van der Waals surface area contributed by atoms with Crippen molar-refractivity contribution in [1.82, 2.24) is 0 Å². The molecule has 1 atom stereocenters. The maximum Gasteiger partial charge on any atom is 0.250 e. The van der Waals surface area contributed by atoms with Gasteiger partial charge in [-0.25, -0.2) is 0 Å². The van der Waals surface area contributed by atoms with E-state index < -0.39 is 0 Å². The summed E-state index contributed by atoms with van der Waals surface area (Å²) in [5, 5.41) is 2.79. The molecule has 1 unspecified atom stereocenters. The third kappa shape index (κ3) is 4.63. The molecule has 1 saturated heterocycles. The first-order chi connectivity index (χ1) is 9.28. The van der Waals surface area contributed by atoms with Gasteiger partial charge in [0, 0.05) is 24.8 Å². The maximum atomic E-state index is 11.7. The Morgan fingerprint density at radius 2 is 2.42 bits per heavy atom. The van der Waals surface area contributed by atoms with Crippen LogP contribution in [0.25, 0.3) is 0 Å². The average Bonchev–Trinajstić information content (AvgIpc) is 2.92. The van der Waals surface area contributed by atoms with Gasteiger partial charge < -0.3 is 20.5 Å². The first-order valence-corrected chi connectivity index (χ1v) is 6.52. The monoisotopic (exact) mass is 264 g/mol. The van der Waals surface area contributed by atoms with Crippen LogP contribution >= 0.6 is 0 Å². The summed E-state index contributed by atoms with van der Waals surface area (Å²) in [5.74, 6) is 0.279. The maximum absolute atomic E-state index is 11.7. The summed E-state index contributed by atoms with van der Waals surface area (Å²) >= 11 is 0. The molecule has 1 aromatic carbocycles. The highest BCUT2D eigenvalue weighted by Crippen LogP contribution is 2.12. The lowest BCUT2D eigenvalue weighted by Crippen LogP contribution is -2.21. The minimum absolute atomic E-state index is 0.0728. The Bertz CT molecular complexity index is 417. The fraction of sp³-hybridized carbons (Fsp3) is 0.500. The van der Waals surface area contributed by atoms with Gasteiger partial charge in [-0.15, -0.1) is 0 Å². The second-order valence-corrected chi connectivity index (χ2v) is 4.70. The quantitative estimate of drug-likeness (QED) is 0.808. The zero-order valence-corrected chi connectivity index (χ0v) is 10.9. The SMILES string of the molecule is NCc1cccc(NC(=O)COCC2CCOC2)c1. The molecule has 0 bridgehead atoms. The second-order valence-electron chi connectivity index (χ2n) is 4.70. The van der Waals surface area contributed by atoms with Crippen molar-refractivity contribution in [2.24, 2.45) is 11.7 Å². The molecule has 1 aliphatic heterocycles. The Kier molecular flexibility index (Phi) is 5.32. The van der Waals surface area contributed by atoms with Gasteiger partial charge in [0.15, 0.2) is 0 Å². The molecule has 19 heavy (non-hydrogen) atoms. The first kappa shape index (κ1) is 14.0. The third-order valence-corrected chi connectivity index (χ3v) is 3.06. The molecule has 1 fully saturated rings. The number of rotatable bonds is 6. The fourth-order valence-electron chi connectivity index (χ4n) is 2.01. The van der Waals surface area contributed by atoms with Gasteiger partial charge >= 0.3 is 0 Å². The van der Waals surface area contributed by atoms with Crippen LogP contribution < -0.4 is 11.1 Å². The van der Waals surface area contributed by atoms with E-state index in [1.54, 1.807) is 0 Å². The lowest BCUT2D eigenvalue weighted by molar-refractivity contribution is -0.121. The van der Waals surface area contributed by atoms with E-state index in [-0.39, 0.29) is 12.5 Å². The topological polar surface area (TPSA) is 73.6 Å². The normalized spacial score (nSPS) is 18.5. The van der Waals surface area contributed by atoms with Gasteiger partial charge in [0.05, 0.1) is 13.2 Å². The molecule has 1 amide bonds. The Labute approximate surface area is 113 Å². The largest absolute Gasteiger partial charge is 0.381 e. The standard InChI is InChI=1S/C14H20N2O3/c15-7-11-2-1-3-13(6-11)16-14(17)10-19-9-12-4-5-18-8-12/h1-3,6,12H,4-5,7-10,15H2,(H,16,17). The summed E-state index contributed by atoms with van der Waals surface area (Å²) in [6.07, 6.45) is 1.01. The number of hydrogen-bond acceptors (Lipinski definition) is 4. The highest BCUT2D eigenvalue weighted by molar-refractivity contribution is 5.91. The van der Waals surface area contributed by atoms with Crippen LogP contribution in [0.1, 0.15) is 12.0 Å². The molecule has 2 rings (SSSR count). The van der Waals surface area contributed by atoms with Crippen LogP contribution in [-0.4, -0.2) is 32.3 Å². The zero-order chi connectivity index (χ0) is 13.5. The van der Waals surface area contributed by atoms with Crippen LogP contribution in [0, 0.1) is 5.92 Å². The van der Waals surface area contributed by atoms with Crippen molar-refractivity contribution in [3.8, 4) is 0 Å². The molecule has 0 aliphatic carbocycles. The summed E-state index contributed by atoms with van der Waals surface area (Å²) in [4.78, 5) is 11.7. The fourth-order valence-corrected chi connectivity index (χ4v) is 2.01. The first-order valence-electron chi connectivity index (χ1n) is 6.52. The van der Waals surface area contributed by atoms with E-state index in [0.29, 0.717) is 19.1 Å². The van der Waals surface area contributed by atoms with Gasteiger partial charge in [-0.1, -0.05) is 12.1 Å². The van der Waals surface area contributed by atoms with Crippen LogP contribution in [0.5, 0.6) is 0 Å². The molecule has 1 aromatic rings. The average molecular weight is 264 g/mol. The minimum Gasteiger partial charge on any atom is -0.381 e. The smallest absolute Gasteiger partial charge is 0.250 e.